The third kappa shape index (κ3) is 4.99. The normalized spacial score (nSPS) is 18.5. The standard InChI is InChI=1S/C22H21Cl2F3N2O2/c1-21(9-10-29(21)19(30)11-15-5-8-17(23)12-18(15)24)20(31)28(2)13-14-3-6-16(7-4-14)22(25,26)27/h3-8,12H,9-11,13H2,1-2H3. The van der Waals surface area contributed by atoms with E-state index in [1.54, 1.807) is 32.2 Å². The summed E-state index contributed by atoms with van der Waals surface area (Å²) in [7, 11) is 1.57. The lowest BCUT2D eigenvalue weighted by Gasteiger charge is -2.50. The molecule has 166 valence electrons. The van der Waals surface area contributed by atoms with Crippen LogP contribution >= 0.6 is 23.2 Å². The van der Waals surface area contributed by atoms with E-state index in [0.29, 0.717) is 34.1 Å². The van der Waals surface area contributed by atoms with Crippen molar-refractivity contribution in [3.63, 3.8) is 0 Å². The first-order valence-corrected chi connectivity index (χ1v) is 10.3. The van der Waals surface area contributed by atoms with Crippen LogP contribution in [0, 0.1) is 0 Å². The van der Waals surface area contributed by atoms with Crippen molar-refractivity contribution >= 4 is 35.0 Å². The number of carbonyl (C=O) groups excluding carboxylic acids is 2. The second kappa shape index (κ2) is 8.71. The Hall–Kier alpha value is -2.25. The van der Waals surface area contributed by atoms with Gasteiger partial charge in [-0.05, 0) is 48.7 Å². The average Bonchev–Trinajstić information content (AvgIpc) is 2.67. The van der Waals surface area contributed by atoms with E-state index in [4.69, 9.17) is 23.2 Å². The first kappa shape index (κ1) is 23.4. The van der Waals surface area contributed by atoms with Crippen LogP contribution in [0.3, 0.4) is 0 Å². The van der Waals surface area contributed by atoms with E-state index < -0.39 is 17.3 Å². The number of nitrogens with zero attached hydrogens (tertiary/aromatic N) is 2. The molecule has 1 saturated heterocycles. The van der Waals surface area contributed by atoms with Gasteiger partial charge in [-0.2, -0.15) is 13.2 Å². The van der Waals surface area contributed by atoms with Crippen LogP contribution in [0.25, 0.3) is 0 Å². The molecule has 2 amide bonds. The van der Waals surface area contributed by atoms with Gasteiger partial charge in [0.1, 0.15) is 5.54 Å². The Bertz CT molecular complexity index is 995. The topological polar surface area (TPSA) is 40.6 Å². The van der Waals surface area contributed by atoms with Gasteiger partial charge >= 0.3 is 6.18 Å². The zero-order chi connectivity index (χ0) is 23.0. The fourth-order valence-corrected chi connectivity index (χ4v) is 4.14. The maximum absolute atomic E-state index is 13.1. The van der Waals surface area contributed by atoms with Gasteiger partial charge in [0, 0.05) is 30.2 Å². The molecule has 1 aliphatic rings. The van der Waals surface area contributed by atoms with Gasteiger partial charge in [-0.15, -0.1) is 0 Å². The largest absolute Gasteiger partial charge is 0.416 e. The van der Waals surface area contributed by atoms with Gasteiger partial charge in [-0.1, -0.05) is 41.4 Å². The minimum absolute atomic E-state index is 0.0431. The molecular formula is C22H21Cl2F3N2O2. The lowest BCUT2D eigenvalue weighted by Crippen LogP contribution is -2.67. The highest BCUT2D eigenvalue weighted by molar-refractivity contribution is 6.35. The van der Waals surface area contributed by atoms with E-state index in [1.807, 2.05) is 0 Å². The first-order chi connectivity index (χ1) is 14.4. The van der Waals surface area contributed by atoms with Gasteiger partial charge in [0.15, 0.2) is 0 Å². The first-order valence-electron chi connectivity index (χ1n) is 9.58. The minimum atomic E-state index is -4.41. The third-order valence-corrected chi connectivity index (χ3v) is 6.17. The molecule has 0 N–H and O–H groups in total. The third-order valence-electron chi connectivity index (χ3n) is 5.58. The van der Waals surface area contributed by atoms with Gasteiger partial charge in [-0.25, -0.2) is 0 Å². The van der Waals surface area contributed by atoms with E-state index in [1.165, 1.54) is 21.9 Å². The summed E-state index contributed by atoms with van der Waals surface area (Å²) in [6, 6.07) is 9.56. The minimum Gasteiger partial charge on any atom is -0.339 e. The highest BCUT2D eigenvalue weighted by Gasteiger charge is 2.50. The zero-order valence-electron chi connectivity index (χ0n) is 17.0. The number of likely N-dealkylation sites (tertiary alicyclic amines) is 1. The summed E-state index contributed by atoms with van der Waals surface area (Å²) in [5, 5.41) is 0.851. The molecule has 3 rings (SSSR count). The molecule has 0 spiro atoms. The summed E-state index contributed by atoms with van der Waals surface area (Å²) >= 11 is 12.0. The van der Waals surface area contributed by atoms with Crippen LogP contribution in [0.4, 0.5) is 13.2 Å². The number of halogens is 5. The van der Waals surface area contributed by atoms with Crippen molar-refractivity contribution in [3.05, 3.63) is 69.2 Å². The van der Waals surface area contributed by atoms with Gasteiger partial charge in [-0.3, -0.25) is 9.59 Å². The van der Waals surface area contributed by atoms with Crippen molar-refractivity contribution in [1.82, 2.24) is 9.80 Å². The molecule has 4 nitrogen and oxygen atoms in total. The number of benzene rings is 2. The van der Waals surface area contributed by atoms with Crippen molar-refractivity contribution in [2.75, 3.05) is 13.6 Å². The van der Waals surface area contributed by atoms with Gasteiger partial charge in [0.25, 0.3) is 0 Å². The van der Waals surface area contributed by atoms with Gasteiger partial charge in [0.05, 0.1) is 12.0 Å². The molecule has 1 atom stereocenters. The fourth-order valence-electron chi connectivity index (χ4n) is 3.66. The fraction of sp³-hybridized carbons (Fsp3) is 0.364. The number of hydrogen-bond donors (Lipinski definition) is 0. The van der Waals surface area contributed by atoms with E-state index in [0.717, 1.165) is 12.1 Å². The summed E-state index contributed by atoms with van der Waals surface area (Å²) in [6.07, 6.45) is -3.86. The van der Waals surface area contributed by atoms with Gasteiger partial charge < -0.3 is 9.80 Å². The molecular weight excluding hydrogens is 452 g/mol. The number of carbonyl (C=O) groups is 2. The molecule has 31 heavy (non-hydrogen) atoms. The summed E-state index contributed by atoms with van der Waals surface area (Å²) in [5.74, 6) is -0.497. The highest BCUT2D eigenvalue weighted by Crippen LogP contribution is 2.34. The van der Waals surface area contributed by atoms with Crippen molar-refractivity contribution in [2.24, 2.45) is 0 Å². The highest BCUT2D eigenvalue weighted by atomic mass is 35.5. The number of likely N-dealkylation sites (N-methyl/N-ethyl adjacent to an activating group) is 1. The van der Waals surface area contributed by atoms with Gasteiger partial charge in [0.2, 0.25) is 11.8 Å². The molecule has 1 aliphatic heterocycles. The lowest BCUT2D eigenvalue weighted by molar-refractivity contribution is -0.163. The van der Waals surface area contributed by atoms with Crippen LogP contribution in [0.5, 0.6) is 0 Å². The number of rotatable bonds is 5. The molecule has 1 unspecified atom stereocenters. The second-order valence-corrected chi connectivity index (χ2v) is 8.68. The average molecular weight is 473 g/mol. The number of amides is 2. The number of hydrogen-bond acceptors (Lipinski definition) is 2. The number of alkyl halides is 3. The molecule has 0 radical (unpaired) electrons. The molecule has 1 fully saturated rings. The van der Waals surface area contributed by atoms with Crippen LogP contribution < -0.4 is 0 Å². The van der Waals surface area contributed by atoms with Crippen LogP contribution in [0.1, 0.15) is 30.0 Å². The molecule has 9 heteroatoms. The predicted molar refractivity (Wildman–Crippen MR) is 113 cm³/mol. The van der Waals surface area contributed by atoms with Crippen LogP contribution in [-0.2, 0) is 28.7 Å². The van der Waals surface area contributed by atoms with E-state index in [-0.39, 0.29) is 24.8 Å². The van der Waals surface area contributed by atoms with E-state index in [9.17, 15) is 22.8 Å². The van der Waals surface area contributed by atoms with E-state index >= 15 is 0 Å². The Balaban J connectivity index is 1.66. The summed E-state index contributed by atoms with van der Waals surface area (Å²) < 4.78 is 38.2. The Morgan fingerprint density at radius 2 is 1.77 bits per heavy atom. The Morgan fingerprint density at radius 3 is 2.29 bits per heavy atom. The lowest BCUT2D eigenvalue weighted by atomic mass is 9.84. The van der Waals surface area contributed by atoms with Crippen molar-refractivity contribution in [1.29, 1.82) is 0 Å². The SMILES string of the molecule is CN(Cc1ccc(C(F)(F)F)cc1)C(=O)C1(C)CCN1C(=O)Cc1ccc(Cl)cc1Cl. The smallest absolute Gasteiger partial charge is 0.339 e. The maximum atomic E-state index is 13.1. The summed E-state index contributed by atoms with van der Waals surface area (Å²) in [6.45, 7) is 2.28. The Labute approximate surface area is 188 Å². The van der Waals surface area contributed by atoms with Crippen LogP contribution in [0.15, 0.2) is 42.5 Å². The van der Waals surface area contributed by atoms with Crippen LogP contribution in [-0.4, -0.2) is 40.7 Å². The second-order valence-electron chi connectivity index (χ2n) is 7.84. The van der Waals surface area contributed by atoms with E-state index in [2.05, 4.69) is 0 Å². The zero-order valence-corrected chi connectivity index (χ0v) is 18.5. The monoisotopic (exact) mass is 472 g/mol. The Morgan fingerprint density at radius 1 is 1.13 bits per heavy atom. The summed E-state index contributed by atoms with van der Waals surface area (Å²) in [4.78, 5) is 28.8. The molecule has 1 heterocycles. The van der Waals surface area contributed by atoms with Crippen molar-refractivity contribution in [2.45, 2.75) is 38.0 Å². The summed E-state index contributed by atoms with van der Waals surface area (Å²) in [5.41, 5.74) is -0.557. The molecule has 2 aromatic carbocycles. The predicted octanol–water partition coefficient (Wildman–Crippen LogP) is 5.20. The maximum Gasteiger partial charge on any atom is 0.416 e. The molecule has 0 saturated carbocycles. The Kier molecular flexibility index (Phi) is 6.58. The van der Waals surface area contributed by atoms with Crippen molar-refractivity contribution < 1.29 is 22.8 Å². The quantitative estimate of drug-likeness (QED) is 0.599. The molecule has 0 aromatic heterocycles. The molecule has 0 bridgehead atoms. The van der Waals surface area contributed by atoms with Crippen LogP contribution in [0.2, 0.25) is 10.0 Å². The van der Waals surface area contributed by atoms with Crippen molar-refractivity contribution in [3.8, 4) is 0 Å². The molecule has 2 aromatic rings. The molecule has 0 aliphatic carbocycles.